The van der Waals surface area contributed by atoms with Crippen LogP contribution in [-0.2, 0) is 15.0 Å². The van der Waals surface area contributed by atoms with Crippen molar-refractivity contribution in [1.29, 1.82) is 0 Å². The van der Waals surface area contributed by atoms with Crippen LogP contribution in [0.15, 0.2) is 18.2 Å². The van der Waals surface area contributed by atoms with Crippen LogP contribution in [0.4, 0.5) is 9.57 Å². The Morgan fingerprint density at radius 3 is 2.60 bits per heavy atom. The number of aryl methyl sites for hydroxylation is 1. The van der Waals surface area contributed by atoms with E-state index >= 15 is 0 Å². The number of carbonyl (C=O) groups excluding carboxylic acids is 1. The molecule has 20 heavy (non-hydrogen) atoms. The zero-order chi connectivity index (χ0) is 15.1. The quantitative estimate of drug-likeness (QED) is 0.844. The summed E-state index contributed by atoms with van der Waals surface area (Å²) in [5.41, 5.74) is 0.655. The molecule has 1 N–H and O–H groups in total. The second-order valence-corrected chi connectivity index (χ2v) is 6.25. The Kier molecular flexibility index (Phi) is 3.51. The summed E-state index contributed by atoms with van der Waals surface area (Å²) in [6.07, 6.45) is -0.480. The summed E-state index contributed by atoms with van der Waals surface area (Å²) < 4.78 is 34.7. The largest absolute Gasteiger partial charge is 0.478 e. The molecule has 6 nitrogen and oxygen atoms in total. The van der Waals surface area contributed by atoms with Crippen molar-refractivity contribution in [2.45, 2.75) is 18.6 Å². The second-order valence-electron chi connectivity index (χ2n) is 4.63. The van der Waals surface area contributed by atoms with Crippen LogP contribution < -0.4 is 4.90 Å². The van der Waals surface area contributed by atoms with Gasteiger partial charge in [-0.3, -0.25) is 4.79 Å². The monoisotopic (exact) mass is 301 g/mol. The first-order chi connectivity index (χ1) is 9.20. The van der Waals surface area contributed by atoms with E-state index in [0.29, 0.717) is 5.56 Å². The molecular formula is C12H12FNO5S. The minimum Gasteiger partial charge on any atom is -0.478 e. The van der Waals surface area contributed by atoms with Crippen molar-refractivity contribution in [3.8, 4) is 0 Å². The van der Waals surface area contributed by atoms with Crippen LogP contribution in [0, 0.1) is 6.92 Å². The topological polar surface area (TPSA) is 91.8 Å². The summed E-state index contributed by atoms with van der Waals surface area (Å²) in [5.74, 6) is -1.84. The number of nitrogens with zero attached hydrogens (tertiary/aromatic N) is 1. The number of amides is 1. The van der Waals surface area contributed by atoms with Crippen molar-refractivity contribution >= 4 is 27.8 Å². The van der Waals surface area contributed by atoms with E-state index in [1.807, 2.05) is 0 Å². The van der Waals surface area contributed by atoms with Crippen LogP contribution >= 0.6 is 0 Å². The third kappa shape index (κ3) is 2.64. The molecule has 1 fully saturated rings. The number of benzene rings is 1. The minimum atomic E-state index is -4.83. The highest BCUT2D eigenvalue weighted by Gasteiger charge is 2.40. The SMILES string of the molecule is Cc1ccc(N2CC(S(=O)(=O)F)CC2=O)c(C(=O)O)c1. The standard InChI is InChI=1S/C12H12FNO5S/c1-7-2-3-10(9(4-7)12(16)17)14-6-8(5-11(14)15)20(13,18)19/h2-4,8H,5-6H2,1H3,(H,16,17). The summed E-state index contributed by atoms with van der Waals surface area (Å²) >= 11 is 0. The Hall–Kier alpha value is -1.96. The summed E-state index contributed by atoms with van der Waals surface area (Å²) in [7, 11) is -4.83. The molecule has 1 aromatic carbocycles. The van der Waals surface area contributed by atoms with Gasteiger partial charge in [0.15, 0.2) is 0 Å². The Balaban J connectivity index is 2.43. The van der Waals surface area contributed by atoms with E-state index in [0.717, 1.165) is 4.90 Å². The van der Waals surface area contributed by atoms with E-state index in [-0.39, 0.29) is 17.8 Å². The summed E-state index contributed by atoms with van der Waals surface area (Å²) in [5, 5.41) is 7.69. The lowest BCUT2D eigenvalue weighted by Gasteiger charge is -2.18. The zero-order valence-corrected chi connectivity index (χ0v) is 11.4. The van der Waals surface area contributed by atoms with E-state index < -0.39 is 33.8 Å². The maximum Gasteiger partial charge on any atom is 0.337 e. The number of halogens is 1. The lowest BCUT2D eigenvalue weighted by Crippen LogP contribution is -2.28. The first-order valence-electron chi connectivity index (χ1n) is 5.78. The van der Waals surface area contributed by atoms with Gasteiger partial charge in [0.05, 0.1) is 11.3 Å². The minimum absolute atomic E-state index is 0.0826. The molecule has 2 rings (SSSR count). The Morgan fingerprint density at radius 1 is 1.45 bits per heavy atom. The lowest BCUT2D eigenvalue weighted by molar-refractivity contribution is -0.117. The molecule has 0 saturated carbocycles. The number of rotatable bonds is 3. The predicted octanol–water partition coefficient (Wildman–Crippen LogP) is 1.10. The molecule has 1 heterocycles. The molecule has 1 aliphatic rings. The van der Waals surface area contributed by atoms with E-state index in [9.17, 15) is 21.9 Å². The number of hydrogen-bond acceptors (Lipinski definition) is 4. The van der Waals surface area contributed by atoms with Crippen molar-refractivity contribution in [3.05, 3.63) is 29.3 Å². The fraction of sp³-hybridized carbons (Fsp3) is 0.333. The molecule has 108 valence electrons. The van der Waals surface area contributed by atoms with Crippen molar-refractivity contribution in [2.24, 2.45) is 0 Å². The smallest absolute Gasteiger partial charge is 0.337 e. The van der Waals surface area contributed by atoms with Crippen molar-refractivity contribution < 1.29 is 27.0 Å². The highest BCUT2D eigenvalue weighted by atomic mass is 32.3. The van der Waals surface area contributed by atoms with Gasteiger partial charge >= 0.3 is 16.2 Å². The van der Waals surface area contributed by atoms with Gasteiger partial charge in [0.1, 0.15) is 5.25 Å². The molecule has 1 amide bonds. The number of carbonyl (C=O) groups is 2. The van der Waals surface area contributed by atoms with Gasteiger partial charge in [0.2, 0.25) is 5.91 Å². The molecular weight excluding hydrogens is 289 g/mol. The van der Waals surface area contributed by atoms with Gasteiger partial charge in [-0.1, -0.05) is 11.6 Å². The average Bonchev–Trinajstić information content (AvgIpc) is 2.71. The average molecular weight is 301 g/mol. The highest BCUT2D eigenvalue weighted by molar-refractivity contribution is 7.87. The molecule has 0 bridgehead atoms. The van der Waals surface area contributed by atoms with Gasteiger partial charge in [0.25, 0.3) is 0 Å². The third-order valence-electron chi connectivity index (χ3n) is 3.16. The fourth-order valence-electron chi connectivity index (χ4n) is 2.15. The van der Waals surface area contributed by atoms with Crippen LogP contribution in [0.1, 0.15) is 22.3 Å². The van der Waals surface area contributed by atoms with E-state index in [1.165, 1.54) is 12.1 Å². The zero-order valence-electron chi connectivity index (χ0n) is 10.5. The van der Waals surface area contributed by atoms with Crippen LogP contribution in [0.2, 0.25) is 0 Å². The van der Waals surface area contributed by atoms with E-state index in [2.05, 4.69) is 0 Å². The predicted molar refractivity (Wildman–Crippen MR) is 68.9 cm³/mol. The molecule has 0 radical (unpaired) electrons. The molecule has 0 spiro atoms. The van der Waals surface area contributed by atoms with Crippen molar-refractivity contribution in [2.75, 3.05) is 11.4 Å². The fourth-order valence-corrected chi connectivity index (χ4v) is 2.82. The van der Waals surface area contributed by atoms with Crippen LogP contribution in [0.5, 0.6) is 0 Å². The molecule has 1 aliphatic heterocycles. The summed E-state index contributed by atoms with van der Waals surface area (Å²) in [4.78, 5) is 24.0. The third-order valence-corrected chi connectivity index (χ3v) is 4.27. The van der Waals surface area contributed by atoms with Crippen LogP contribution in [0.3, 0.4) is 0 Å². The van der Waals surface area contributed by atoms with Crippen LogP contribution in [-0.4, -0.2) is 37.2 Å². The Bertz CT molecular complexity index is 685. The number of aromatic carboxylic acids is 1. The molecule has 1 unspecified atom stereocenters. The van der Waals surface area contributed by atoms with Crippen LogP contribution in [0.25, 0.3) is 0 Å². The number of hydrogen-bond donors (Lipinski definition) is 1. The molecule has 1 atom stereocenters. The Labute approximate surface area is 115 Å². The first kappa shape index (κ1) is 14.4. The maximum atomic E-state index is 13.0. The number of carboxylic acids is 1. The maximum absolute atomic E-state index is 13.0. The van der Waals surface area contributed by atoms with Gasteiger partial charge in [-0.05, 0) is 19.1 Å². The first-order valence-corrected chi connectivity index (χ1v) is 7.22. The highest BCUT2D eigenvalue weighted by Crippen LogP contribution is 2.29. The van der Waals surface area contributed by atoms with Crippen molar-refractivity contribution in [1.82, 2.24) is 0 Å². The van der Waals surface area contributed by atoms with Crippen molar-refractivity contribution in [3.63, 3.8) is 0 Å². The molecule has 8 heteroatoms. The molecule has 0 aromatic heterocycles. The molecule has 1 saturated heterocycles. The molecule has 1 aromatic rings. The molecule has 0 aliphatic carbocycles. The van der Waals surface area contributed by atoms with Gasteiger partial charge in [-0.2, -0.15) is 8.42 Å². The van der Waals surface area contributed by atoms with E-state index in [4.69, 9.17) is 5.11 Å². The Morgan fingerprint density at radius 2 is 2.10 bits per heavy atom. The van der Waals surface area contributed by atoms with E-state index in [1.54, 1.807) is 13.0 Å². The number of anilines is 1. The van der Waals surface area contributed by atoms with Gasteiger partial charge in [0, 0.05) is 13.0 Å². The summed E-state index contributed by atoms with van der Waals surface area (Å²) in [6, 6.07) is 4.40. The van der Waals surface area contributed by atoms with Gasteiger partial charge in [-0.25, -0.2) is 4.79 Å². The normalized spacial score (nSPS) is 19.4. The lowest BCUT2D eigenvalue weighted by atomic mass is 10.1. The summed E-state index contributed by atoms with van der Waals surface area (Å²) in [6.45, 7) is 1.32. The second kappa shape index (κ2) is 4.86. The van der Waals surface area contributed by atoms with Gasteiger partial charge < -0.3 is 10.0 Å². The number of carboxylic acid groups (broad SMARTS) is 1. The van der Waals surface area contributed by atoms with Gasteiger partial charge in [-0.15, -0.1) is 3.89 Å².